The molecular formula is C17H19FN2O5S2. The Morgan fingerprint density at radius 3 is 2.56 bits per heavy atom. The molecule has 1 heterocycles. The van der Waals surface area contributed by atoms with Gasteiger partial charge < -0.3 is 10.1 Å². The topological polar surface area (TPSA) is 102 Å². The largest absolute Gasteiger partial charge is 0.462 e. The molecule has 1 aromatic carbocycles. The first kappa shape index (κ1) is 21.0. The number of nitrogens with one attached hydrogen (secondary N) is 1. The Morgan fingerprint density at radius 2 is 1.93 bits per heavy atom. The highest BCUT2D eigenvalue weighted by Gasteiger charge is 2.18. The first-order valence-corrected chi connectivity index (χ1v) is 10.6. The highest BCUT2D eigenvalue weighted by Crippen LogP contribution is 2.23. The van der Waals surface area contributed by atoms with Crippen LogP contribution in [0.4, 0.5) is 9.52 Å². The van der Waals surface area contributed by atoms with Crippen LogP contribution < -0.4 is 5.32 Å². The Hall–Kier alpha value is -2.33. The molecule has 1 N–H and O–H groups in total. The van der Waals surface area contributed by atoms with Crippen LogP contribution in [-0.2, 0) is 19.4 Å². The van der Waals surface area contributed by atoms with E-state index in [-0.39, 0.29) is 35.2 Å². The molecule has 0 spiro atoms. The van der Waals surface area contributed by atoms with E-state index in [9.17, 15) is 22.4 Å². The Bertz CT molecular complexity index is 923. The van der Waals surface area contributed by atoms with Crippen molar-refractivity contribution >= 4 is 38.2 Å². The van der Waals surface area contributed by atoms with Crippen LogP contribution in [-0.4, -0.2) is 37.6 Å². The minimum Gasteiger partial charge on any atom is -0.462 e. The monoisotopic (exact) mass is 414 g/mol. The van der Waals surface area contributed by atoms with Gasteiger partial charge in [0.15, 0.2) is 15.0 Å². The molecular weight excluding hydrogens is 395 g/mol. The van der Waals surface area contributed by atoms with Crippen molar-refractivity contribution in [3.05, 3.63) is 40.7 Å². The smallest absolute Gasteiger partial charge is 0.350 e. The third-order valence-corrected chi connectivity index (χ3v) is 6.36. The van der Waals surface area contributed by atoms with Crippen LogP contribution >= 0.6 is 11.3 Å². The maximum atomic E-state index is 12.9. The van der Waals surface area contributed by atoms with Crippen LogP contribution in [0, 0.1) is 12.7 Å². The van der Waals surface area contributed by atoms with Gasteiger partial charge in [-0.3, -0.25) is 4.79 Å². The summed E-state index contributed by atoms with van der Waals surface area (Å²) in [7, 11) is -3.59. The number of carbonyl (C=O) groups is 2. The van der Waals surface area contributed by atoms with Crippen molar-refractivity contribution in [3.63, 3.8) is 0 Å². The number of ether oxygens (including phenoxy) is 1. The van der Waals surface area contributed by atoms with Crippen molar-refractivity contribution in [3.8, 4) is 0 Å². The lowest BCUT2D eigenvalue weighted by molar-refractivity contribution is -0.116. The minimum absolute atomic E-state index is 0.0129. The Labute approximate surface area is 160 Å². The molecule has 0 atom stereocenters. The van der Waals surface area contributed by atoms with Crippen LogP contribution in [0.2, 0.25) is 0 Å². The van der Waals surface area contributed by atoms with Crippen molar-refractivity contribution in [2.24, 2.45) is 0 Å². The fourth-order valence-corrected chi connectivity index (χ4v) is 4.39. The Morgan fingerprint density at radius 1 is 1.26 bits per heavy atom. The van der Waals surface area contributed by atoms with Gasteiger partial charge in [-0.2, -0.15) is 0 Å². The van der Waals surface area contributed by atoms with Crippen molar-refractivity contribution < 1.29 is 27.1 Å². The number of esters is 1. The van der Waals surface area contributed by atoms with E-state index in [1.165, 1.54) is 12.1 Å². The van der Waals surface area contributed by atoms with Gasteiger partial charge in [-0.25, -0.2) is 22.6 Å². The quantitative estimate of drug-likeness (QED) is 0.526. The minimum atomic E-state index is -3.59. The summed E-state index contributed by atoms with van der Waals surface area (Å²) in [5.74, 6) is -1.67. The van der Waals surface area contributed by atoms with Gasteiger partial charge >= 0.3 is 5.97 Å². The highest BCUT2D eigenvalue weighted by atomic mass is 32.2. The first-order chi connectivity index (χ1) is 12.7. The molecule has 0 aliphatic rings. The third-order valence-electron chi connectivity index (χ3n) is 3.49. The first-order valence-electron chi connectivity index (χ1n) is 8.15. The highest BCUT2D eigenvalue weighted by molar-refractivity contribution is 7.91. The molecule has 0 radical (unpaired) electrons. The molecule has 27 heavy (non-hydrogen) atoms. The van der Waals surface area contributed by atoms with Crippen LogP contribution in [0.15, 0.2) is 29.2 Å². The number of sulfone groups is 1. The number of hydrogen-bond acceptors (Lipinski definition) is 7. The van der Waals surface area contributed by atoms with E-state index in [0.717, 1.165) is 23.5 Å². The summed E-state index contributed by atoms with van der Waals surface area (Å²) >= 11 is 1.00. The van der Waals surface area contributed by atoms with Crippen molar-refractivity contribution in [2.75, 3.05) is 17.7 Å². The van der Waals surface area contributed by atoms with Crippen molar-refractivity contribution in [2.45, 2.75) is 31.6 Å². The van der Waals surface area contributed by atoms with E-state index in [1.807, 2.05) is 0 Å². The summed E-state index contributed by atoms with van der Waals surface area (Å²) in [4.78, 5) is 28.2. The van der Waals surface area contributed by atoms with E-state index in [4.69, 9.17) is 4.74 Å². The molecule has 0 bridgehead atoms. The number of amides is 1. The predicted octanol–water partition coefficient (Wildman–Crippen LogP) is 2.96. The number of aryl methyl sites for hydroxylation is 1. The van der Waals surface area contributed by atoms with E-state index in [1.54, 1.807) is 13.8 Å². The SMILES string of the molecule is CCOC(=O)c1sc(NC(=O)CCCS(=O)(=O)c2ccc(F)cc2)nc1C. The van der Waals surface area contributed by atoms with E-state index >= 15 is 0 Å². The maximum absolute atomic E-state index is 12.9. The number of carbonyl (C=O) groups excluding carboxylic acids is 2. The zero-order chi connectivity index (χ0) is 20.0. The van der Waals surface area contributed by atoms with Gasteiger partial charge in [0.25, 0.3) is 0 Å². The van der Waals surface area contributed by atoms with Gasteiger partial charge in [0.2, 0.25) is 5.91 Å². The average Bonchev–Trinajstić information content (AvgIpc) is 2.95. The number of nitrogens with zero attached hydrogens (tertiary/aromatic N) is 1. The summed E-state index contributed by atoms with van der Waals surface area (Å²) in [5.41, 5.74) is 0.452. The summed E-state index contributed by atoms with van der Waals surface area (Å²) in [6, 6.07) is 4.54. The molecule has 0 saturated carbocycles. The summed E-state index contributed by atoms with van der Waals surface area (Å²) in [6.07, 6.45) is 0.0639. The number of hydrogen-bond donors (Lipinski definition) is 1. The molecule has 10 heteroatoms. The molecule has 7 nitrogen and oxygen atoms in total. The number of rotatable bonds is 8. The number of aromatic nitrogens is 1. The lowest BCUT2D eigenvalue weighted by Gasteiger charge is -2.04. The standard InChI is InChI=1S/C17H19FN2O5S2/c1-3-25-16(22)15-11(2)19-17(26-15)20-14(21)5-4-10-27(23,24)13-8-6-12(18)7-9-13/h6-9H,3-5,10H2,1-2H3,(H,19,20,21). The second-order valence-electron chi connectivity index (χ2n) is 5.58. The normalized spacial score (nSPS) is 11.2. The van der Waals surface area contributed by atoms with Gasteiger partial charge in [0, 0.05) is 6.42 Å². The molecule has 0 fully saturated rings. The Kier molecular flexibility index (Phi) is 7.03. The molecule has 1 aromatic heterocycles. The summed E-state index contributed by atoms with van der Waals surface area (Å²) in [6.45, 7) is 3.56. The van der Waals surface area contributed by atoms with Crippen LogP contribution in [0.3, 0.4) is 0 Å². The second-order valence-corrected chi connectivity index (χ2v) is 8.69. The van der Waals surface area contributed by atoms with Gasteiger partial charge in [0.1, 0.15) is 10.7 Å². The maximum Gasteiger partial charge on any atom is 0.350 e. The molecule has 0 aliphatic heterocycles. The van der Waals surface area contributed by atoms with Crippen LogP contribution in [0.1, 0.15) is 35.1 Å². The molecule has 0 saturated heterocycles. The van der Waals surface area contributed by atoms with Gasteiger partial charge in [-0.15, -0.1) is 0 Å². The van der Waals surface area contributed by atoms with Gasteiger partial charge in [-0.1, -0.05) is 11.3 Å². The zero-order valence-electron chi connectivity index (χ0n) is 14.8. The number of halogens is 1. The van der Waals surface area contributed by atoms with Crippen molar-refractivity contribution in [1.29, 1.82) is 0 Å². The van der Waals surface area contributed by atoms with Crippen LogP contribution in [0.5, 0.6) is 0 Å². The lowest BCUT2D eigenvalue weighted by Crippen LogP contribution is -2.14. The fourth-order valence-electron chi connectivity index (χ4n) is 2.20. The van der Waals surface area contributed by atoms with E-state index in [0.29, 0.717) is 10.6 Å². The van der Waals surface area contributed by atoms with E-state index in [2.05, 4.69) is 10.3 Å². The van der Waals surface area contributed by atoms with E-state index < -0.39 is 27.5 Å². The lowest BCUT2D eigenvalue weighted by atomic mass is 10.3. The zero-order valence-corrected chi connectivity index (χ0v) is 16.5. The van der Waals surface area contributed by atoms with Crippen LogP contribution in [0.25, 0.3) is 0 Å². The molecule has 146 valence electrons. The van der Waals surface area contributed by atoms with Crippen molar-refractivity contribution in [1.82, 2.24) is 4.98 Å². The van der Waals surface area contributed by atoms with Gasteiger partial charge in [0.05, 0.1) is 22.9 Å². The van der Waals surface area contributed by atoms with Gasteiger partial charge in [-0.05, 0) is 44.5 Å². The Balaban J connectivity index is 1.88. The summed E-state index contributed by atoms with van der Waals surface area (Å²) in [5, 5.41) is 2.80. The number of anilines is 1. The number of benzene rings is 1. The predicted molar refractivity (Wildman–Crippen MR) is 99.1 cm³/mol. The molecule has 0 aliphatic carbocycles. The fraction of sp³-hybridized carbons (Fsp3) is 0.353. The summed E-state index contributed by atoms with van der Waals surface area (Å²) < 4.78 is 42.1. The third kappa shape index (κ3) is 5.83. The molecule has 2 rings (SSSR count). The molecule has 0 unspecified atom stereocenters. The average molecular weight is 414 g/mol. The second kappa shape index (κ2) is 9.05. The number of thiazole rings is 1. The molecule has 2 aromatic rings. The molecule has 1 amide bonds.